The molecule has 1 aliphatic rings. The summed E-state index contributed by atoms with van der Waals surface area (Å²) in [5, 5.41) is 8.66. The molecule has 0 spiro atoms. The van der Waals surface area contributed by atoms with Gasteiger partial charge in [0.15, 0.2) is 5.82 Å². The highest BCUT2D eigenvalue weighted by molar-refractivity contribution is 5.64. The molecule has 1 fully saturated rings. The minimum Gasteiger partial charge on any atom is -0.396 e. The fraction of sp³-hybridized carbons (Fsp3) is 0.400. The van der Waals surface area contributed by atoms with E-state index in [0.717, 1.165) is 18.9 Å². The van der Waals surface area contributed by atoms with E-state index in [1.54, 1.807) is 12.3 Å². The van der Waals surface area contributed by atoms with Crippen LogP contribution < -0.4 is 10.6 Å². The van der Waals surface area contributed by atoms with Crippen molar-refractivity contribution in [2.24, 2.45) is 0 Å². The molecule has 1 saturated heterocycles. The Balaban J connectivity index is 2.30. The van der Waals surface area contributed by atoms with Crippen molar-refractivity contribution in [1.29, 1.82) is 5.26 Å². The van der Waals surface area contributed by atoms with Crippen molar-refractivity contribution < 1.29 is 0 Å². The summed E-state index contributed by atoms with van der Waals surface area (Å²) in [4.78, 5) is 6.37. The molecule has 2 heterocycles. The Hall–Kier alpha value is -1.76. The maximum atomic E-state index is 8.66. The molecule has 0 bridgehead atoms. The lowest BCUT2D eigenvalue weighted by Gasteiger charge is -2.17. The monoisotopic (exact) mass is 188 g/mol. The average molecular weight is 188 g/mol. The third-order valence-electron chi connectivity index (χ3n) is 2.43. The molecule has 0 aromatic carbocycles. The van der Waals surface area contributed by atoms with Crippen molar-refractivity contribution in [1.82, 2.24) is 4.98 Å². The van der Waals surface area contributed by atoms with Gasteiger partial charge in [-0.1, -0.05) is 0 Å². The quantitative estimate of drug-likeness (QED) is 0.717. The first kappa shape index (κ1) is 8.82. The first-order chi connectivity index (χ1) is 6.81. The van der Waals surface area contributed by atoms with Gasteiger partial charge in [-0.15, -0.1) is 0 Å². The molecular formula is C10H12N4. The van der Waals surface area contributed by atoms with Gasteiger partial charge >= 0.3 is 0 Å². The Morgan fingerprint density at radius 2 is 2.14 bits per heavy atom. The summed E-state index contributed by atoms with van der Waals surface area (Å²) in [7, 11) is 0. The fourth-order valence-corrected chi connectivity index (χ4v) is 1.73. The van der Waals surface area contributed by atoms with Crippen LogP contribution in [0.1, 0.15) is 18.4 Å². The lowest BCUT2D eigenvalue weighted by molar-refractivity contribution is 0.939. The van der Waals surface area contributed by atoms with Crippen molar-refractivity contribution in [3.8, 4) is 6.07 Å². The van der Waals surface area contributed by atoms with E-state index in [0.29, 0.717) is 11.3 Å². The van der Waals surface area contributed by atoms with Crippen LogP contribution in [0.25, 0.3) is 0 Å². The molecular weight excluding hydrogens is 176 g/mol. The SMILES string of the molecule is N#Cc1cnc(N2CCCC2)c(N)c1. The summed E-state index contributed by atoms with van der Waals surface area (Å²) in [5.74, 6) is 0.821. The van der Waals surface area contributed by atoms with Gasteiger partial charge in [0.2, 0.25) is 0 Å². The van der Waals surface area contributed by atoms with Gasteiger partial charge in [-0.2, -0.15) is 5.26 Å². The Bertz CT molecular complexity index is 374. The molecule has 0 atom stereocenters. The first-order valence-corrected chi connectivity index (χ1v) is 4.72. The molecule has 4 heteroatoms. The molecule has 4 nitrogen and oxygen atoms in total. The van der Waals surface area contributed by atoms with Crippen LogP contribution in [0.3, 0.4) is 0 Å². The van der Waals surface area contributed by atoms with E-state index >= 15 is 0 Å². The predicted molar refractivity (Wildman–Crippen MR) is 54.8 cm³/mol. The van der Waals surface area contributed by atoms with Crippen molar-refractivity contribution >= 4 is 11.5 Å². The number of anilines is 2. The molecule has 2 N–H and O–H groups in total. The second-order valence-electron chi connectivity index (χ2n) is 3.44. The molecule has 0 aliphatic carbocycles. The summed E-state index contributed by atoms with van der Waals surface area (Å²) in [6.45, 7) is 2.03. The Morgan fingerprint density at radius 1 is 1.43 bits per heavy atom. The summed E-state index contributed by atoms with van der Waals surface area (Å²) in [5.41, 5.74) is 6.94. The number of nitriles is 1. The number of hydrogen-bond donors (Lipinski definition) is 1. The number of nitrogens with two attached hydrogens (primary N) is 1. The molecule has 1 aromatic rings. The smallest absolute Gasteiger partial charge is 0.151 e. The highest BCUT2D eigenvalue weighted by Gasteiger charge is 2.15. The Labute approximate surface area is 83.0 Å². The average Bonchev–Trinajstić information content (AvgIpc) is 2.70. The highest BCUT2D eigenvalue weighted by Crippen LogP contribution is 2.24. The minimum absolute atomic E-state index is 0.519. The maximum absolute atomic E-state index is 8.66. The van der Waals surface area contributed by atoms with Crippen LogP contribution in [0.2, 0.25) is 0 Å². The van der Waals surface area contributed by atoms with Gasteiger partial charge in [-0.05, 0) is 18.9 Å². The molecule has 0 unspecified atom stereocenters. The zero-order chi connectivity index (χ0) is 9.97. The lowest BCUT2D eigenvalue weighted by Crippen LogP contribution is -2.20. The van der Waals surface area contributed by atoms with E-state index in [1.807, 2.05) is 6.07 Å². The van der Waals surface area contributed by atoms with Gasteiger partial charge < -0.3 is 10.6 Å². The van der Waals surface area contributed by atoms with Crippen molar-refractivity contribution in [2.45, 2.75) is 12.8 Å². The Morgan fingerprint density at radius 3 is 2.71 bits per heavy atom. The number of pyridine rings is 1. The molecule has 2 rings (SSSR count). The summed E-state index contributed by atoms with van der Waals surface area (Å²) in [6.07, 6.45) is 3.96. The normalized spacial score (nSPS) is 15.5. The van der Waals surface area contributed by atoms with Gasteiger partial charge in [0, 0.05) is 19.3 Å². The molecule has 0 radical (unpaired) electrons. The summed E-state index contributed by atoms with van der Waals surface area (Å²) >= 11 is 0. The van der Waals surface area contributed by atoms with Crippen LogP contribution in [0.15, 0.2) is 12.3 Å². The van der Waals surface area contributed by atoms with Crippen LogP contribution in [0.5, 0.6) is 0 Å². The van der Waals surface area contributed by atoms with Gasteiger partial charge in [-0.25, -0.2) is 4.98 Å². The second kappa shape index (κ2) is 3.54. The first-order valence-electron chi connectivity index (χ1n) is 4.72. The number of hydrogen-bond acceptors (Lipinski definition) is 4. The number of rotatable bonds is 1. The third kappa shape index (κ3) is 1.49. The van der Waals surface area contributed by atoms with E-state index in [4.69, 9.17) is 11.0 Å². The standard InChI is InChI=1S/C10H12N4/c11-6-8-5-9(12)10(13-7-8)14-3-1-2-4-14/h5,7H,1-4,12H2. The van der Waals surface area contributed by atoms with Crippen molar-refractivity contribution in [3.05, 3.63) is 17.8 Å². The summed E-state index contributed by atoms with van der Waals surface area (Å²) < 4.78 is 0. The van der Waals surface area contributed by atoms with Crippen molar-refractivity contribution in [2.75, 3.05) is 23.7 Å². The topological polar surface area (TPSA) is 65.9 Å². The van der Waals surface area contributed by atoms with E-state index < -0.39 is 0 Å². The Kier molecular flexibility index (Phi) is 2.23. The minimum atomic E-state index is 0.519. The van der Waals surface area contributed by atoms with E-state index in [2.05, 4.69) is 9.88 Å². The zero-order valence-corrected chi connectivity index (χ0v) is 7.90. The molecule has 14 heavy (non-hydrogen) atoms. The molecule has 72 valence electrons. The van der Waals surface area contributed by atoms with Crippen molar-refractivity contribution in [3.63, 3.8) is 0 Å². The van der Waals surface area contributed by atoms with Gasteiger partial charge in [0.05, 0.1) is 11.3 Å². The van der Waals surface area contributed by atoms with Crippen LogP contribution >= 0.6 is 0 Å². The van der Waals surface area contributed by atoms with Crippen LogP contribution in [-0.4, -0.2) is 18.1 Å². The summed E-state index contributed by atoms with van der Waals surface area (Å²) in [6, 6.07) is 3.71. The van der Waals surface area contributed by atoms with Crippen LogP contribution in [-0.2, 0) is 0 Å². The third-order valence-corrected chi connectivity index (χ3v) is 2.43. The van der Waals surface area contributed by atoms with Gasteiger partial charge in [0.25, 0.3) is 0 Å². The maximum Gasteiger partial charge on any atom is 0.151 e. The zero-order valence-electron chi connectivity index (χ0n) is 7.90. The highest BCUT2D eigenvalue weighted by atomic mass is 15.2. The number of nitrogens with zero attached hydrogens (tertiary/aromatic N) is 3. The van der Waals surface area contributed by atoms with E-state index in [-0.39, 0.29) is 0 Å². The van der Waals surface area contributed by atoms with Gasteiger partial charge in [0.1, 0.15) is 6.07 Å². The van der Waals surface area contributed by atoms with Gasteiger partial charge in [-0.3, -0.25) is 0 Å². The molecule has 0 amide bonds. The van der Waals surface area contributed by atoms with Crippen LogP contribution in [0, 0.1) is 11.3 Å². The molecule has 1 aromatic heterocycles. The van der Waals surface area contributed by atoms with Crippen LogP contribution in [0.4, 0.5) is 11.5 Å². The molecule has 0 saturated carbocycles. The van der Waals surface area contributed by atoms with E-state index in [9.17, 15) is 0 Å². The van der Waals surface area contributed by atoms with E-state index in [1.165, 1.54) is 12.8 Å². The second-order valence-corrected chi connectivity index (χ2v) is 3.44. The number of aromatic nitrogens is 1. The number of nitrogen functional groups attached to an aromatic ring is 1. The largest absolute Gasteiger partial charge is 0.396 e. The molecule has 1 aliphatic heterocycles. The lowest BCUT2D eigenvalue weighted by atomic mass is 10.2. The predicted octanol–water partition coefficient (Wildman–Crippen LogP) is 1.14. The fourth-order valence-electron chi connectivity index (χ4n) is 1.73.